The predicted octanol–water partition coefficient (Wildman–Crippen LogP) is 4.14. The van der Waals surface area contributed by atoms with Crippen LogP contribution >= 0.6 is 0 Å². The molecule has 3 rings (SSSR count). The Morgan fingerprint density at radius 2 is 1.56 bits per heavy atom. The molecule has 39 heavy (non-hydrogen) atoms. The van der Waals surface area contributed by atoms with E-state index in [1.807, 2.05) is 31.2 Å². The van der Waals surface area contributed by atoms with Gasteiger partial charge in [0.25, 0.3) is 0 Å². The summed E-state index contributed by atoms with van der Waals surface area (Å²) in [6.07, 6.45) is 1.24. The van der Waals surface area contributed by atoms with Gasteiger partial charge in [0.15, 0.2) is 0 Å². The van der Waals surface area contributed by atoms with Gasteiger partial charge in [0, 0.05) is 38.3 Å². The molecule has 4 amide bonds. The van der Waals surface area contributed by atoms with E-state index in [-0.39, 0.29) is 31.1 Å². The molecular weight excluding hydrogens is 500 g/mol. The summed E-state index contributed by atoms with van der Waals surface area (Å²) >= 11 is 0. The van der Waals surface area contributed by atoms with Crippen LogP contribution in [0.25, 0.3) is 0 Å². The second kappa shape index (κ2) is 13.1. The SMILES string of the molecule is COc1cc(CC(=O)N2CCCN(C(=O)CCC(C)(C)C(=O)O)CC2)ccc1NC(=O)Nc1ccccc1C. The summed E-state index contributed by atoms with van der Waals surface area (Å²) in [5, 5.41) is 14.9. The molecule has 1 fully saturated rings. The van der Waals surface area contributed by atoms with Gasteiger partial charge in [-0.15, -0.1) is 0 Å². The van der Waals surface area contributed by atoms with Crippen LogP contribution in [-0.4, -0.2) is 72.0 Å². The molecule has 0 spiro atoms. The number of nitrogens with zero attached hydrogens (tertiary/aromatic N) is 2. The number of benzene rings is 2. The summed E-state index contributed by atoms with van der Waals surface area (Å²) in [6, 6.07) is 12.3. The third-order valence-corrected chi connectivity index (χ3v) is 7.01. The number of rotatable bonds is 9. The van der Waals surface area contributed by atoms with Crippen molar-refractivity contribution in [1.29, 1.82) is 0 Å². The van der Waals surface area contributed by atoms with E-state index in [2.05, 4.69) is 10.6 Å². The molecule has 210 valence electrons. The number of carboxylic acids is 1. The monoisotopic (exact) mass is 538 g/mol. The van der Waals surface area contributed by atoms with E-state index in [0.717, 1.165) is 11.1 Å². The number of ether oxygens (including phenoxy) is 1. The van der Waals surface area contributed by atoms with Gasteiger partial charge >= 0.3 is 12.0 Å². The second-order valence-electron chi connectivity index (χ2n) is 10.4. The topological polar surface area (TPSA) is 128 Å². The van der Waals surface area contributed by atoms with Crippen molar-refractivity contribution in [2.24, 2.45) is 5.41 Å². The van der Waals surface area contributed by atoms with E-state index in [0.29, 0.717) is 49.7 Å². The van der Waals surface area contributed by atoms with E-state index >= 15 is 0 Å². The van der Waals surface area contributed by atoms with Gasteiger partial charge in [-0.05, 0) is 62.9 Å². The van der Waals surface area contributed by atoms with E-state index < -0.39 is 17.4 Å². The molecule has 10 heteroatoms. The number of carbonyl (C=O) groups excluding carboxylic acids is 3. The number of anilines is 2. The lowest BCUT2D eigenvalue weighted by atomic mass is 9.88. The summed E-state index contributed by atoms with van der Waals surface area (Å²) in [5.74, 6) is -0.625. The number of carbonyl (C=O) groups is 4. The molecule has 2 aromatic carbocycles. The zero-order chi connectivity index (χ0) is 28.6. The van der Waals surface area contributed by atoms with E-state index in [1.165, 1.54) is 7.11 Å². The summed E-state index contributed by atoms with van der Waals surface area (Å²) in [5.41, 5.74) is 1.92. The maximum atomic E-state index is 13.1. The van der Waals surface area contributed by atoms with E-state index in [9.17, 15) is 24.3 Å². The van der Waals surface area contributed by atoms with Gasteiger partial charge in [0.2, 0.25) is 11.8 Å². The molecule has 0 saturated carbocycles. The molecule has 10 nitrogen and oxygen atoms in total. The molecule has 3 N–H and O–H groups in total. The number of amides is 4. The standard InChI is InChI=1S/C29H38N4O6/c1-20-8-5-6-9-22(20)30-28(38)31-23-11-10-21(18-24(23)39-4)19-26(35)33-15-7-14-32(16-17-33)25(34)12-13-29(2,3)27(36)37/h5-6,8-11,18H,7,12-17,19H2,1-4H3,(H,36,37)(H2,30,31,38). The lowest BCUT2D eigenvalue weighted by molar-refractivity contribution is -0.147. The summed E-state index contributed by atoms with van der Waals surface area (Å²) < 4.78 is 5.46. The van der Waals surface area contributed by atoms with Crippen molar-refractivity contribution in [3.8, 4) is 5.75 Å². The molecule has 0 bridgehead atoms. The lowest BCUT2D eigenvalue weighted by Gasteiger charge is -2.24. The number of urea groups is 1. The van der Waals surface area contributed by atoms with Crippen molar-refractivity contribution in [3.05, 3.63) is 53.6 Å². The molecule has 0 unspecified atom stereocenters. The van der Waals surface area contributed by atoms with Crippen molar-refractivity contribution in [1.82, 2.24) is 9.80 Å². The van der Waals surface area contributed by atoms with Crippen LogP contribution in [0, 0.1) is 12.3 Å². The van der Waals surface area contributed by atoms with Crippen molar-refractivity contribution in [2.45, 2.75) is 46.5 Å². The number of para-hydroxylation sites is 1. The third kappa shape index (κ3) is 8.20. The predicted molar refractivity (Wildman–Crippen MR) is 149 cm³/mol. The van der Waals surface area contributed by atoms with Gasteiger partial charge in [0.05, 0.1) is 24.6 Å². The number of hydrogen-bond acceptors (Lipinski definition) is 5. The van der Waals surface area contributed by atoms with Crippen LogP contribution in [0.4, 0.5) is 16.2 Å². The van der Waals surface area contributed by atoms with Gasteiger partial charge in [-0.2, -0.15) is 0 Å². The Bertz CT molecular complexity index is 1210. The number of aliphatic carboxylic acids is 1. The average molecular weight is 539 g/mol. The fourth-order valence-corrected chi connectivity index (χ4v) is 4.33. The van der Waals surface area contributed by atoms with Crippen LogP contribution in [0.1, 0.15) is 44.2 Å². The second-order valence-corrected chi connectivity index (χ2v) is 10.4. The number of carboxylic acid groups (broad SMARTS) is 1. The largest absolute Gasteiger partial charge is 0.495 e. The zero-order valence-electron chi connectivity index (χ0n) is 23.1. The molecule has 1 aliphatic heterocycles. The van der Waals surface area contributed by atoms with E-state index in [4.69, 9.17) is 4.74 Å². The Kier molecular flexibility index (Phi) is 9.92. The molecule has 2 aromatic rings. The molecule has 1 saturated heterocycles. The molecule has 0 aromatic heterocycles. The fourth-order valence-electron chi connectivity index (χ4n) is 4.33. The first-order valence-electron chi connectivity index (χ1n) is 13.1. The summed E-state index contributed by atoms with van der Waals surface area (Å²) in [4.78, 5) is 53.0. The maximum Gasteiger partial charge on any atom is 0.323 e. The summed E-state index contributed by atoms with van der Waals surface area (Å²) in [7, 11) is 1.50. The van der Waals surface area contributed by atoms with Crippen LogP contribution in [0.5, 0.6) is 5.75 Å². The van der Waals surface area contributed by atoms with Crippen LogP contribution in [0.2, 0.25) is 0 Å². The van der Waals surface area contributed by atoms with Crippen LogP contribution in [0.3, 0.4) is 0 Å². The molecule has 1 aliphatic rings. The smallest absolute Gasteiger partial charge is 0.323 e. The summed E-state index contributed by atoms with van der Waals surface area (Å²) in [6.45, 7) is 7.05. The number of aryl methyl sites for hydroxylation is 1. The maximum absolute atomic E-state index is 13.1. The lowest BCUT2D eigenvalue weighted by Crippen LogP contribution is -2.38. The van der Waals surface area contributed by atoms with Crippen molar-refractivity contribution >= 4 is 35.2 Å². The molecule has 0 aliphatic carbocycles. The number of methoxy groups -OCH3 is 1. The highest BCUT2D eigenvalue weighted by molar-refractivity contribution is 6.01. The average Bonchev–Trinajstić information content (AvgIpc) is 3.16. The van der Waals surface area contributed by atoms with Crippen molar-refractivity contribution in [2.75, 3.05) is 43.9 Å². The van der Waals surface area contributed by atoms with Crippen LogP contribution < -0.4 is 15.4 Å². The van der Waals surface area contributed by atoms with Gasteiger partial charge in [-0.3, -0.25) is 14.4 Å². The minimum atomic E-state index is -0.958. The molecular formula is C29H38N4O6. The van der Waals surface area contributed by atoms with Gasteiger partial charge < -0.3 is 30.3 Å². The number of hydrogen-bond donors (Lipinski definition) is 3. The molecule has 0 atom stereocenters. The third-order valence-electron chi connectivity index (χ3n) is 7.01. The first kappa shape index (κ1) is 29.5. The van der Waals surface area contributed by atoms with Gasteiger partial charge in [0.1, 0.15) is 5.75 Å². The molecule has 0 radical (unpaired) electrons. The van der Waals surface area contributed by atoms with Crippen molar-refractivity contribution in [3.63, 3.8) is 0 Å². The Morgan fingerprint density at radius 1 is 0.923 bits per heavy atom. The highest BCUT2D eigenvalue weighted by Crippen LogP contribution is 2.27. The first-order chi connectivity index (χ1) is 18.5. The minimum absolute atomic E-state index is 0.0589. The fraction of sp³-hybridized carbons (Fsp3) is 0.448. The van der Waals surface area contributed by atoms with Crippen LogP contribution in [0.15, 0.2) is 42.5 Å². The van der Waals surface area contributed by atoms with Crippen molar-refractivity contribution < 1.29 is 29.0 Å². The van der Waals surface area contributed by atoms with E-state index in [1.54, 1.807) is 41.8 Å². The first-order valence-corrected chi connectivity index (χ1v) is 13.1. The quantitative estimate of drug-likeness (QED) is 0.440. The molecule has 1 heterocycles. The Hall–Kier alpha value is -4.08. The van der Waals surface area contributed by atoms with Gasteiger partial charge in [-0.25, -0.2) is 4.79 Å². The zero-order valence-corrected chi connectivity index (χ0v) is 23.1. The Morgan fingerprint density at radius 3 is 2.21 bits per heavy atom. The van der Waals surface area contributed by atoms with Crippen LogP contribution in [-0.2, 0) is 20.8 Å². The Labute approximate surface area is 229 Å². The number of nitrogens with one attached hydrogen (secondary N) is 2. The van der Waals surface area contributed by atoms with Gasteiger partial charge in [-0.1, -0.05) is 24.3 Å². The minimum Gasteiger partial charge on any atom is -0.495 e. The highest BCUT2D eigenvalue weighted by Gasteiger charge is 2.29. The normalized spacial score (nSPS) is 13.8. The Balaban J connectivity index is 1.55. The highest BCUT2D eigenvalue weighted by atomic mass is 16.5.